The molecule has 0 unspecified atom stereocenters. The van der Waals surface area contributed by atoms with Crippen LogP contribution in [0, 0.1) is 90.5 Å². The van der Waals surface area contributed by atoms with Gasteiger partial charge in [0.15, 0.2) is 0 Å². The van der Waals surface area contributed by atoms with Crippen molar-refractivity contribution in [3.05, 3.63) is 236 Å². The maximum Gasteiger partial charge on any atom is 0 e. The number of rotatable bonds is 9. The van der Waals surface area contributed by atoms with E-state index in [0.717, 1.165) is 149 Å². The summed E-state index contributed by atoms with van der Waals surface area (Å²) in [5, 5.41) is 7.00. The molecule has 8 aromatic heterocycles. The Morgan fingerprint density at radius 1 is 0.365 bits per heavy atom. The van der Waals surface area contributed by atoms with Crippen molar-refractivity contribution in [3.8, 4) is 0 Å². The Hall–Kier alpha value is -6.97. The van der Waals surface area contributed by atoms with Crippen molar-refractivity contribution >= 4 is 56.3 Å². The normalized spacial score (nSPS) is 11.7. The number of aliphatic hydroxyl groups is 1. The maximum atomic E-state index is 12.4. The molecule has 0 fully saturated rings. The van der Waals surface area contributed by atoms with E-state index in [1.54, 1.807) is 0 Å². The fourth-order valence-corrected chi connectivity index (χ4v) is 11.1. The topological polar surface area (TPSA) is 165 Å². The number of nitrogens with zero attached hydrogens (tertiary/aromatic N) is 12. The molecule has 24 heteroatoms. The second-order valence-electron chi connectivity index (χ2n) is 25.8. The van der Waals surface area contributed by atoms with Gasteiger partial charge in [0.05, 0.1) is 0 Å². The van der Waals surface area contributed by atoms with Crippen molar-refractivity contribution in [1.29, 1.82) is 0 Å². The van der Waals surface area contributed by atoms with Gasteiger partial charge in [-0.25, -0.2) is 0 Å². The quantitative estimate of drug-likeness (QED) is 0.137. The summed E-state index contributed by atoms with van der Waals surface area (Å²) >= 11 is 0. The summed E-state index contributed by atoms with van der Waals surface area (Å²) in [7, 11) is 26.4. The van der Waals surface area contributed by atoms with Gasteiger partial charge in [-0.3, -0.25) is 0 Å². The SMILES string of the molecule is C1=CCC=C1.C1=CCC=C1.C1=CCC=C1.C1=CCC=C1.CC.CC.CO.CO[C-]=O.Cc1bc2n(C)c(C)c(C)c(=O)n2c1CN(C)C.Cc1bc2n(C)c(C)c(C)c(=O)n2c1CN(C)C.Cc1bc2n(C)c(C)c(C)c(=O)n2c1CN(C)C.Cc1bc2n(C)c(C)c(C)c(=O)n2c1CN(C)C.[CH3-].[Y]. The van der Waals surface area contributed by atoms with Crippen LogP contribution >= 0.6 is 0 Å². The average Bonchev–Trinajstić information content (AvgIpc) is 1.74. The summed E-state index contributed by atoms with van der Waals surface area (Å²) in [4.78, 5) is 67.0. The molecule has 0 spiro atoms. The van der Waals surface area contributed by atoms with E-state index in [9.17, 15) is 19.2 Å². The Labute approximate surface area is 651 Å². The zero-order valence-electron chi connectivity index (χ0n) is 69.5. The van der Waals surface area contributed by atoms with Crippen molar-refractivity contribution in [2.45, 2.75) is 163 Å². The first kappa shape index (κ1) is 99.1. The number of hydrogen-bond donors (Lipinski definition) is 1. The van der Waals surface area contributed by atoms with E-state index >= 15 is 0 Å². The van der Waals surface area contributed by atoms with Gasteiger partial charge in [-0.2, -0.15) is 0 Å². The summed E-state index contributed by atoms with van der Waals surface area (Å²) in [5.41, 5.74) is 20.7. The summed E-state index contributed by atoms with van der Waals surface area (Å²) in [5.74, 6) is 0. The number of allylic oxidation sites excluding steroid dienone is 16. The Bertz CT molecular complexity index is 3920. The molecule has 8 aromatic rings. The first-order valence-electron chi connectivity index (χ1n) is 35.2. The Morgan fingerprint density at radius 3 is 0.615 bits per heavy atom. The molecule has 565 valence electrons. The Kier molecular flexibility index (Phi) is 48.1. The van der Waals surface area contributed by atoms with Crippen LogP contribution in [0.5, 0.6) is 0 Å². The van der Waals surface area contributed by atoms with Gasteiger partial charge in [0, 0.05) is 46.9 Å². The van der Waals surface area contributed by atoms with E-state index < -0.39 is 0 Å². The van der Waals surface area contributed by atoms with E-state index in [0.29, 0.717) is 0 Å². The third-order valence-corrected chi connectivity index (χ3v) is 17.4. The summed E-state index contributed by atoms with van der Waals surface area (Å²) in [6, 6.07) is 0. The Morgan fingerprint density at radius 2 is 0.510 bits per heavy atom. The molecule has 0 bridgehead atoms. The van der Waals surface area contributed by atoms with Crippen LogP contribution in [0.1, 0.15) is 143 Å². The molecule has 0 aromatic carbocycles. The average molecular weight is 1500 g/mol. The number of aryl methyl sites for hydroxylation is 8. The first-order valence-corrected chi connectivity index (χ1v) is 35.2. The summed E-state index contributed by atoms with van der Waals surface area (Å²) in [6.45, 7) is 44.4. The summed E-state index contributed by atoms with van der Waals surface area (Å²) in [6.07, 6.45) is 38.0. The van der Waals surface area contributed by atoms with Gasteiger partial charge < -0.3 is 22.1 Å². The van der Waals surface area contributed by atoms with E-state index in [1.165, 1.54) is 35.4 Å². The number of aliphatic hydroxyl groups excluding tert-OH is 1. The zero-order chi connectivity index (χ0) is 78.0. The Balaban J connectivity index is 0. The molecule has 0 saturated heterocycles. The van der Waals surface area contributed by atoms with E-state index in [4.69, 9.17) is 9.90 Å². The van der Waals surface area contributed by atoms with Gasteiger partial charge in [-0.05, 0) is 25.7 Å². The van der Waals surface area contributed by atoms with Crippen molar-refractivity contribution in [1.82, 2.24) is 55.5 Å². The minimum absolute atomic E-state index is 0. The zero-order valence-corrected chi connectivity index (χ0v) is 72.4. The number of hydrogen-bond acceptors (Lipinski definition) is 11. The van der Waals surface area contributed by atoms with Crippen LogP contribution in [-0.4, -0.2) is 165 Å². The molecule has 104 heavy (non-hydrogen) atoms. The van der Waals surface area contributed by atoms with Gasteiger partial charge >= 0.3 is 430 Å². The van der Waals surface area contributed by atoms with E-state index in [1.807, 2.05) is 185 Å². The summed E-state index contributed by atoms with van der Waals surface area (Å²) < 4.78 is 19.5. The smallest absolute Gasteiger partial charge is 0 e. The molecule has 8 heterocycles. The molecule has 0 aliphatic heterocycles. The molecule has 19 nitrogen and oxygen atoms in total. The van der Waals surface area contributed by atoms with Crippen LogP contribution in [0.3, 0.4) is 0 Å². The number of aromatic nitrogens is 8. The fourth-order valence-electron chi connectivity index (χ4n) is 11.1. The monoisotopic (exact) mass is 1500 g/mol. The van der Waals surface area contributed by atoms with Gasteiger partial charge in [0.25, 0.3) is 0 Å². The number of ether oxygens (including phenoxy) is 1. The molecule has 0 atom stereocenters. The van der Waals surface area contributed by atoms with Crippen molar-refractivity contribution < 1.29 is 47.3 Å². The largest absolute Gasteiger partial charge is 0.358 e. The van der Waals surface area contributed by atoms with Crippen LogP contribution in [0.4, 0.5) is 0 Å². The van der Waals surface area contributed by atoms with Crippen LogP contribution in [0.15, 0.2) is 116 Å². The number of fused-ring (bicyclic) bond motifs is 4. The predicted molar refractivity (Wildman–Crippen MR) is 444 cm³/mol. The molecule has 0 amide bonds. The predicted octanol–water partition coefficient (Wildman–Crippen LogP) is 11.7. The molecule has 4 aliphatic rings. The standard InChI is InChI=1S/4C13H20BN3O.4C5H6.C2H3O2.2C2H6.CH4O.CH3.Y/c4*1-8-10(3)16(6)13-14-9(2)11(7-15(4)5)17(13)12(8)18;4*1-2-4-5-3-1;1-4-2-3;3*1-2;;/h4*7H2,1-6H3;4*1-4H,5H2;1H3;2*1-2H3;2H,1H3;1H3;/q;;;;;;;;-1;;;;-1;. The molecular formula is C80H126B4N12O7Y-2. The number of carbonyl (C=O) groups excluding carboxylic acids is 1. The third kappa shape index (κ3) is 27.7. The van der Waals surface area contributed by atoms with Crippen molar-refractivity contribution in [2.24, 2.45) is 28.2 Å². The molecular weight excluding hydrogens is 1370 g/mol. The van der Waals surface area contributed by atoms with Crippen LogP contribution in [-0.2, 0) is 96.6 Å². The molecule has 1 N–H and O–H groups in total. The second kappa shape index (κ2) is 50.5. The molecule has 0 saturated carbocycles. The van der Waals surface area contributed by atoms with Crippen molar-refractivity contribution in [2.75, 3.05) is 70.6 Å². The minimum Gasteiger partial charge on any atom is -0.358 e. The van der Waals surface area contributed by atoms with Crippen LogP contribution in [0.2, 0.25) is 0 Å². The fraction of sp³-hybridized carbons (Fsp3) is 0.475. The van der Waals surface area contributed by atoms with E-state index in [2.05, 4.69) is 195 Å². The van der Waals surface area contributed by atoms with Crippen LogP contribution in [0.25, 0.3) is 22.2 Å². The third-order valence-electron chi connectivity index (χ3n) is 17.4. The van der Waals surface area contributed by atoms with E-state index in [-0.39, 0.29) is 62.4 Å². The number of methoxy groups -OCH3 is 1. The maximum absolute atomic E-state index is 12.4. The van der Waals surface area contributed by atoms with Gasteiger partial charge in [-0.1, -0.05) is 131 Å². The minimum atomic E-state index is 0. The van der Waals surface area contributed by atoms with Gasteiger partial charge in [0.1, 0.15) is 0 Å². The van der Waals surface area contributed by atoms with Crippen LogP contribution < -0.4 is 22.2 Å². The second-order valence-corrected chi connectivity index (χ2v) is 25.8. The van der Waals surface area contributed by atoms with Gasteiger partial charge in [-0.15, -0.1) is 0 Å². The molecule has 4 aliphatic carbocycles. The molecule has 1 radical (unpaired) electrons. The molecule has 12 rings (SSSR count). The van der Waals surface area contributed by atoms with Crippen molar-refractivity contribution in [3.63, 3.8) is 0 Å². The van der Waals surface area contributed by atoms with Gasteiger partial charge in [0.2, 0.25) is 0 Å². The first-order chi connectivity index (χ1) is 48.3.